The Kier molecular flexibility index (Phi) is 9.74. The largest absolute Gasteiger partial charge is 0.347 e. The molecule has 0 heterocycles. The Morgan fingerprint density at radius 2 is 1.56 bits per heavy atom. The number of benzene rings is 1. The average molecular weight is 376 g/mol. The predicted octanol–water partition coefficient (Wildman–Crippen LogP) is -0.609. The van der Waals surface area contributed by atoms with Gasteiger partial charge in [-0.3, -0.25) is 19.2 Å². The Labute approximate surface area is 159 Å². The minimum absolute atomic E-state index is 0.0867. The molecule has 0 saturated carbocycles. The summed E-state index contributed by atoms with van der Waals surface area (Å²) in [6.07, 6.45) is 0.277. The highest BCUT2D eigenvalue weighted by Crippen LogP contribution is 2.04. The minimum Gasteiger partial charge on any atom is -0.347 e. The molecule has 0 fully saturated rings. The highest BCUT2D eigenvalue weighted by Gasteiger charge is 2.22. The molecule has 0 aromatic heterocycles. The Hall–Kier alpha value is -2.74. The van der Waals surface area contributed by atoms with Gasteiger partial charge >= 0.3 is 0 Å². The fourth-order valence-corrected chi connectivity index (χ4v) is 2.21. The van der Waals surface area contributed by atoms with Crippen LogP contribution in [0, 0.1) is 5.92 Å². The quantitative estimate of drug-likeness (QED) is 0.411. The van der Waals surface area contributed by atoms with E-state index in [1.54, 1.807) is 20.9 Å². The van der Waals surface area contributed by atoms with Crippen LogP contribution in [0.25, 0.3) is 0 Å². The van der Waals surface area contributed by atoms with Crippen LogP contribution in [0.3, 0.4) is 0 Å². The van der Waals surface area contributed by atoms with Crippen molar-refractivity contribution in [1.82, 2.24) is 21.3 Å². The zero-order valence-corrected chi connectivity index (χ0v) is 16.0. The van der Waals surface area contributed by atoms with Gasteiger partial charge in [-0.05, 0) is 12.6 Å². The second kappa shape index (κ2) is 11.8. The van der Waals surface area contributed by atoms with Crippen molar-refractivity contribution in [1.29, 1.82) is 0 Å². The fraction of sp³-hybridized carbons (Fsp3) is 0.474. The maximum absolute atomic E-state index is 12.5. The van der Waals surface area contributed by atoms with Gasteiger partial charge in [-0.25, -0.2) is 0 Å². The molecule has 148 valence electrons. The number of carbonyl (C=O) groups is 4. The van der Waals surface area contributed by atoms with Crippen LogP contribution in [-0.4, -0.2) is 56.2 Å². The molecule has 1 unspecified atom stereocenters. The molecule has 0 aliphatic carbocycles. The topological polar surface area (TPSA) is 116 Å². The molecule has 0 spiro atoms. The van der Waals surface area contributed by atoms with Crippen LogP contribution in [0.15, 0.2) is 30.3 Å². The summed E-state index contributed by atoms with van der Waals surface area (Å²) in [5.74, 6) is -1.52. The molecular formula is C19H28N4O4. The van der Waals surface area contributed by atoms with Crippen LogP contribution < -0.4 is 21.3 Å². The fourth-order valence-electron chi connectivity index (χ4n) is 2.21. The third-order valence-electron chi connectivity index (χ3n) is 3.80. The summed E-state index contributed by atoms with van der Waals surface area (Å²) in [6, 6.07) is 8.39. The average Bonchev–Trinajstić information content (AvgIpc) is 2.64. The third kappa shape index (κ3) is 8.96. The van der Waals surface area contributed by atoms with Crippen molar-refractivity contribution in [3.63, 3.8) is 0 Å². The van der Waals surface area contributed by atoms with Gasteiger partial charge in [0.15, 0.2) is 5.78 Å². The van der Waals surface area contributed by atoms with E-state index in [2.05, 4.69) is 21.3 Å². The van der Waals surface area contributed by atoms with E-state index in [1.807, 2.05) is 30.3 Å². The number of carbonyl (C=O) groups excluding carboxylic acids is 4. The molecule has 1 aromatic rings. The first-order valence-corrected chi connectivity index (χ1v) is 8.88. The first-order valence-electron chi connectivity index (χ1n) is 8.88. The van der Waals surface area contributed by atoms with Crippen molar-refractivity contribution in [2.24, 2.45) is 5.92 Å². The van der Waals surface area contributed by atoms with Crippen molar-refractivity contribution < 1.29 is 19.2 Å². The molecule has 8 nitrogen and oxygen atoms in total. The van der Waals surface area contributed by atoms with Gasteiger partial charge in [0.25, 0.3) is 0 Å². The first kappa shape index (κ1) is 22.3. The summed E-state index contributed by atoms with van der Waals surface area (Å²) in [4.78, 5) is 47.7. The number of Topliss-reactive ketones (excluding diaryl/α,β-unsaturated/α-hetero) is 1. The summed E-state index contributed by atoms with van der Waals surface area (Å²) in [7, 11) is 1.62. The molecule has 0 aliphatic heterocycles. The summed E-state index contributed by atoms with van der Waals surface area (Å²) in [5, 5.41) is 10.3. The van der Waals surface area contributed by atoms with E-state index in [0.29, 0.717) is 0 Å². The van der Waals surface area contributed by atoms with Crippen molar-refractivity contribution in [2.45, 2.75) is 26.3 Å². The Balaban J connectivity index is 2.69. The SMILES string of the molecule is CNCC(=O)NCC(=O)NC(Cc1ccccc1)C(=O)NCC(=O)C(C)C. The number of nitrogens with one attached hydrogen (secondary N) is 4. The first-order chi connectivity index (χ1) is 12.8. The lowest BCUT2D eigenvalue weighted by Crippen LogP contribution is -2.51. The van der Waals surface area contributed by atoms with Gasteiger partial charge in [-0.15, -0.1) is 0 Å². The van der Waals surface area contributed by atoms with Crippen LogP contribution in [0.5, 0.6) is 0 Å². The monoisotopic (exact) mass is 376 g/mol. The van der Waals surface area contributed by atoms with Crippen molar-refractivity contribution >= 4 is 23.5 Å². The van der Waals surface area contributed by atoms with E-state index in [1.165, 1.54) is 0 Å². The van der Waals surface area contributed by atoms with Crippen molar-refractivity contribution in [3.8, 4) is 0 Å². The van der Waals surface area contributed by atoms with E-state index in [-0.39, 0.29) is 43.7 Å². The molecule has 1 rings (SSSR count). The molecular weight excluding hydrogens is 348 g/mol. The van der Waals surface area contributed by atoms with Crippen molar-refractivity contribution in [2.75, 3.05) is 26.7 Å². The van der Waals surface area contributed by atoms with Gasteiger partial charge in [-0.1, -0.05) is 44.2 Å². The molecule has 4 N–H and O–H groups in total. The third-order valence-corrected chi connectivity index (χ3v) is 3.80. The second-order valence-corrected chi connectivity index (χ2v) is 6.46. The molecule has 27 heavy (non-hydrogen) atoms. The van der Waals surface area contributed by atoms with Crippen molar-refractivity contribution in [3.05, 3.63) is 35.9 Å². The molecule has 1 aromatic carbocycles. The van der Waals surface area contributed by atoms with Gasteiger partial charge in [0.1, 0.15) is 6.04 Å². The van der Waals surface area contributed by atoms with Crippen LogP contribution in [0.4, 0.5) is 0 Å². The molecule has 1 atom stereocenters. The Morgan fingerprint density at radius 3 is 2.15 bits per heavy atom. The van der Waals surface area contributed by atoms with E-state index in [4.69, 9.17) is 0 Å². The van der Waals surface area contributed by atoms with Gasteiger partial charge in [0, 0.05) is 12.3 Å². The normalized spacial score (nSPS) is 11.6. The summed E-state index contributed by atoms with van der Waals surface area (Å²) in [6.45, 7) is 3.29. The number of hydrogen-bond donors (Lipinski definition) is 4. The number of likely N-dealkylation sites (N-methyl/N-ethyl adjacent to an activating group) is 1. The Morgan fingerprint density at radius 1 is 0.889 bits per heavy atom. The minimum atomic E-state index is -0.846. The highest BCUT2D eigenvalue weighted by molar-refractivity contribution is 5.92. The predicted molar refractivity (Wildman–Crippen MR) is 102 cm³/mol. The van der Waals surface area contributed by atoms with Crippen LogP contribution in [-0.2, 0) is 25.6 Å². The van der Waals surface area contributed by atoms with Crippen LogP contribution in [0.1, 0.15) is 19.4 Å². The maximum Gasteiger partial charge on any atom is 0.243 e. The zero-order chi connectivity index (χ0) is 20.2. The van der Waals surface area contributed by atoms with E-state index in [0.717, 1.165) is 5.56 Å². The van der Waals surface area contributed by atoms with Gasteiger partial charge in [-0.2, -0.15) is 0 Å². The Bertz CT molecular complexity index is 646. The lowest BCUT2D eigenvalue weighted by Gasteiger charge is -2.19. The smallest absolute Gasteiger partial charge is 0.243 e. The molecule has 0 saturated heterocycles. The van der Waals surface area contributed by atoms with Crippen LogP contribution in [0.2, 0.25) is 0 Å². The molecule has 3 amide bonds. The summed E-state index contributed by atoms with van der Waals surface area (Å²) >= 11 is 0. The highest BCUT2D eigenvalue weighted by atomic mass is 16.2. The number of rotatable bonds is 11. The van der Waals surface area contributed by atoms with E-state index in [9.17, 15) is 19.2 Å². The lowest BCUT2D eigenvalue weighted by molar-refractivity contribution is -0.130. The maximum atomic E-state index is 12.5. The van der Waals surface area contributed by atoms with E-state index >= 15 is 0 Å². The number of ketones is 1. The molecule has 0 bridgehead atoms. The van der Waals surface area contributed by atoms with Crippen LogP contribution >= 0.6 is 0 Å². The van der Waals surface area contributed by atoms with Gasteiger partial charge in [0.2, 0.25) is 17.7 Å². The van der Waals surface area contributed by atoms with E-state index < -0.39 is 17.9 Å². The number of amides is 3. The molecule has 8 heteroatoms. The van der Waals surface area contributed by atoms with Gasteiger partial charge in [0.05, 0.1) is 19.6 Å². The molecule has 0 radical (unpaired) electrons. The lowest BCUT2D eigenvalue weighted by atomic mass is 10.0. The van der Waals surface area contributed by atoms with Gasteiger partial charge < -0.3 is 21.3 Å². The zero-order valence-electron chi connectivity index (χ0n) is 16.0. The number of hydrogen-bond acceptors (Lipinski definition) is 5. The summed E-state index contributed by atoms with van der Waals surface area (Å²) in [5.41, 5.74) is 0.868. The standard InChI is InChI=1S/C19H28N4O4/c1-13(2)16(24)10-22-19(27)15(9-14-7-5-4-6-8-14)23-18(26)12-21-17(25)11-20-3/h4-8,13,15,20H,9-12H2,1-3H3,(H,21,25)(H,22,27)(H,23,26). The summed E-state index contributed by atoms with van der Waals surface area (Å²) < 4.78 is 0. The molecule has 0 aliphatic rings. The second-order valence-electron chi connectivity index (χ2n) is 6.46.